The Morgan fingerprint density at radius 3 is 2.76 bits per heavy atom. The van der Waals surface area contributed by atoms with Crippen LogP contribution in [0.15, 0.2) is 40.8 Å². The minimum absolute atomic E-state index is 0.0329. The lowest BCUT2D eigenvalue weighted by atomic mass is 9.95. The fourth-order valence-electron chi connectivity index (χ4n) is 3.65. The Hall–Kier alpha value is -2.67. The van der Waals surface area contributed by atoms with Crippen LogP contribution in [-0.2, 0) is 16.1 Å². The van der Waals surface area contributed by atoms with Crippen LogP contribution in [0, 0.1) is 5.92 Å². The van der Waals surface area contributed by atoms with Gasteiger partial charge in [0.25, 0.3) is 0 Å². The molecule has 0 saturated carbocycles. The van der Waals surface area contributed by atoms with Gasteiger partial charge in [0.05, 0.1) is 16.8 Å². The van der Waals surface area contributed by atoms with Gasteiger partial charge >= 0.3 is 0 Å². The van der Waals surface area contributed by atoms with Crippen LogP contribution in [0.2, 0.25) is 0 Å². The van der Waals surface area contributed by atoms with Crippen LogP contribution in [0.1, 0.15) is 38.4 Å². The molecule has 152 valence electrons. The van der Waals surface area contributed by atoms with Crippen molar-refractivity contribution in [2.75, 3.05) is 13.1 Å². The zero-order valence-electron chi connectivity index (χ0n) is 16.5. The van der Waals surface area contributed by atoms with Crippen molar-refractivity contribution >= 4 is 33.4 Å². The van der Waals surface area contributed by atoms with E-state index < -0.39 is 0 Å². The molecule has 4 rings (SSSR count). The van der Waals surface area contributed by atoms with E-state index in [1.165, 1.54) is 0 Å². The van der Waals surface area contributed by atoms with Gasteiger partial charge in [-0.1, -0.05) is 19.1 Å². The van der Waals surface area contributed by atoms with Crippen molar-refractivity contribution in [3.05, 3.63) is 42.2 Å². The van der Waals surface area contributed by atoms with Gasteiger partial charge in [-0.15, -0.1) is 11.3 Å². The van der Waals surface area contributed by atoms with Gasteiger partial charge in [0.15, 0.2) is 10.8 Å². The number of nitrogens with one attached hydrogen (secondary N) is 1. The normalized spacial score (nSPS) is 15.0. The highest BCUT2D eigenvalue weighted by Gasteiger charge is 2.26. The molecular formula is C22H25N3O3S. The van der Waals surface area contributed by atoms with Crippen LogP contribution in [0.5, 0.6) is 0 Å². The van der Waals surface area contributed by atoms with Crippen LogP contribution in [-0.4, -0.2) is 34.8 Å². The Kier molecular flexibility index (Phi) is 5.94. The first kappa shape index (κ1) is 19.6. The minimum Gasteiger partial charge on any atom is -0.457 e. The van der Waals surface area contributed by atoms with Gasteiger partial charge in [-0.2, -0.15) is 0 Å². The number of furan rings is 1. The number of piperidine rings is 1. The second-order valence-electron chi connectivity index (χ2n) is 7.38. The molecule has 0 spiro atoms. The lowest BCUT2D eigenvalue weighted by molar-refractivity contribution is -0.135. The fraction of sp³-hybridized carbons (Fsp3) is 0.409. The molecule has 1 aromatic carbocycles. The summed E-state index contributed by atoms with van der Waals surface area (Å²) in [5, 5.41) is 3.82. The van der Waals surface area contributed by atoms with Crippen molar-refractivity contribution in [1.82, 2.24) is 15.2 Å². The molecule has 7 heteroatoms. The number of amides is 2. The largest absolute Gasteiger partial charge is 0.457 e. The summed E-state index contributed by atoms with van der Waals surface area (Å²) in [5.41, 5.74) is 0.961. The maximum absolute atomic E-state index is 12.5. The molecule has 2 aromatic heterocycles. The maximum atomic E-state index is 12.5. The first-order valence-corrected chi connectivity index (χ1v) is 11.0. The molecule has 0 bridgehead atoms. The van der Waals surface area contributed by atoms with E-state index in [1.807, 2.05) is 48.2 Å². The van der Waals surface area contributed by atoms with E-state index in [0.717, 1.165) is 40.2 Å². The number of para-hydroxylation sites is 1. The monoisotopic (exact) mass is 411 g/mol. The highest BCUT2D eigenvalue weighted by molar-refractivity contribution is 7.21. The molecule has 0 atom stereocenters. The number of hydrogen-bond donors (Lipinski definition) is 1. The lowest BCUT2D eigenvalue weighted by Gasteiger charge is -2.31. The first-order valence-electron chi connectivity index (χ1n) is 10.1. The number of benzene rings is 1. The Morgan fingerprint density at radius 1 is 1.21 bits per heavy atom. The van der Waals surface area contributed by atoms with Crippen LogP contribution in [0.3, 0.4) is 0 Å². The van der Waals surface area contributed by atoms with Gasteiger partial charge in [0, 0.05) is 25.4 Å². The summed E-state index contributed by atoms with van der Waals surface area (Å²) in [5.74, 6) is 1.62. The smallest absolute Gasteiger partial charge is 0.223 e. The van der Waals surface area contributed by atoms with Gasteiger partial charge < -0.3 is 14.6 Å². The number of hydrogen-bond acceptors (Lipinski definition) is 5. The first-order chi connectivity index (χ1) is 14.1. The minimum atomic E-state index is -0.0422. The Balaban J connectivity index is 1.30. The van der Waals surface area contributed by atoms with Crippen LogP contribution >= 0.6 is 11.3 Å². The summed E-state index contributed by atoms with van der Waals surface area (Å²) in [6, 6.07) is 11.8. The second kappa shape index (κ2) is 8.78. The molecule has 1 aliphatic rings. The lowest BCUT2D eigenvalue weighted by Crippen LogP contribution is -2.42. The van der Waals surface area contributed by atoms with Gasteiger partial charge in [-0.05, 0) is 43.5 Å². The fourth-order valence-corrected chi connectivity index (χ4v) is 4.57. The summed E-state index contributed by atoms with van der Waals surface area (Å²) in [4.78, 5) is 31.0. The molecule has 1 aliphatic heterocycles. The van der Waals surface area contributed by atoms with E-state index >= 15 is 0 Å². The van der Waals surface area contributed by atoms with Gasteiger partial charge in [-0.3, -0.25) is 9.59 Å². The number of nitrogens with zero attached hydrogens (tertiary/aromatic N) is 2. The number of thiazole rings is 1. The van der Waals surface area contributed by atoms with E-state index in [-0.39, 0.29) is 17.7 Å². The standard InChI is InChI=1S/C22H25N3O3S/c1-2-5-20(26)25-12-10-15(11-13-25)21(27)23-14-16-8-9-18(28-16)22-24-17-6-3-4-7-19(17)29-22/h3-4,6-9,15H,2,5,10-14H2,1H3,(H,23,27). The zero-order valence-corrected chi connectivity index (χ0v) is 17.3. The SMILES string of the molecule is CCCC(=O)N1CCC(C(=O)NCc2ccc(-c3nc4ccccc4s3)o2)CC1. The van der Waals surface area contributed by atoms with E-state index in [4.69, 9.17) is 4.42 Å². The Morgan fingerprint density at radius 2 is 2.00 bits per heavy atom. The summed E-state index contributed by atoms with van der Waals surface area (Å²) < 4.78 is 7.02. The second-order valence-corrected chi connectivity index (χ2v) is 8.41. The molecule has 2 amide bonds. The van der Waals surface area contributed by atoms with Gasteiger partial charge in [0.2, 0.25) is 11.8 Å². The number of rotatable bonds is 6. The third kappa shape index (κ3) is 4.50. The summed E-state index contributed by atoms with van der Waals surface area (Å²) in [7, 11) is 0. The molecule has 0 radical (unpaired) electrons. The topological polar surface area (TPSA) is 75.4 Å². The summed E-state index contributed by atoms with van der Waals surface area (Å²) in [6.45, 7) is 3.70. The highest BCUT2D eigenvalue weighted by Crippen LogP contribution is 2.31. The predicted octanol–water partition coefficient (Wildman–Crippen LogP) is 4.21. The maximum Gasteiger partial charge on any atom is 0.223 e. The number of carbonyl (C=O) groups is 2. The zero-order chi connectivity index (χ0) is 20.2. The van der Waals surface area contributed by atoms with Crippen molar-refractivity contribution in [2.45, 2.75) is 39.2 Å². The van der Waals surface area contributed by atoms with Crippen molar-refractivity contribution in [1.29, 1.82) is 0 Å². The average Bonchev–Trinajstić information content (AvgIpc) is 3.39. The summed E-state index contributed by atoms with van der Waals surface area (Å²) >= 11 is 1.59. The van der Waals surface area contributed by atoms with E-state index in [1.54, 1.807) is 11.3 Å². The third-order valence-corrected chi connectivity index (χ3v) is 6.34. The molecule has 3 heterocycles. The number of likely N-dealkylation sites (tertiary alicyclic amines) is 1. The molecule has 1 fully saturated rings. The van der Waals surface area contributed by atoms with Crippen molar-refractivity contribution in [3.8, 4) is 10.8 Å². The van der Waals surface area contributed by atoms with Gasteiger partial charge in [-0.25, -0.2) is 4.98 Å². The molecule has 0 unspecified atom stereocenters. The van der Waals surface area contributed by atoms with Gasteiger partial charge in [0.1, 0.15) is 5.76 Å². The molecular weight excluding hydrogens is 386 g/mol. The third-order valence-electron chi connectivity index (χ3n) is 5.29. The predicted molar refractivity (Wildman–Crippen MR) is 113 cm³/mol. The Labute approximate surface area is 173 Å². The van der Waals surface area contributed by atoms with Crippen molar-refractivity contribution in [3.63, 3.8) is 0 Å². The average molecular weight is 412 g/mol. The molecule has 29 heavy (non-hydrogen) atoms. The highest BCUT2D eigenvalue weighted by atomic mass is 32.1. The number of aromatic nitrogens is 1. The van der Waals surface area contributed by atoms with Crippen LogP contribution < -0.4 is 5.32 Å². The van der Waals surface area contributed by atoms with Crippen molar-refractivity contribution in [2.24, 2.45) is 5.92 Å². The van der Waals surface area contributed by atoms with Crippen LogP contribution in [0.25, 0.3) is 21.0 Å². The van der Waals surface area contributed by atoms with E-state index in [9.17, 15) is 9.59 Å². The van der Waals surface area contributed by atoms with Crippen molar-refractivity contribution < 1.29 is 14.0 Å². The molecule has 0 aliphatic carbocycles. The van der Waals surface area contributed by atoms with E-state index in [2.05, 4.69) is 10.3 Å². The Bertz CT molecular complexity index is 969. The number of fused-ring (bicyclic) bond motifs is 1. The number of carbonyl (C=O) groups excluding carboxylic acids is 2. The summed E-state index contributed by atoms with van der Waals surface area (Å²) in [6.07, 6.45) is 2.89. The van der Waals surface area contributed by atoms with Crippen LogP contribution in [0.4, 0.5) is 0 Å². The van der Waals surface area contributed by atoms with E-state index in [0.29, 0.717) is 31.8 Å². The molecule has 1 saturated heterocycles. The molecule has 3 aromatic rings. The molecule has 6 nitrogen and oxygen atoms in total. The molecule has 1 N–H and O–H groups in total. The quantitative estimate of drug-likeness (QED) is 0.659.